The number of aryl methyl sites for hydroxylation is 1. The van der Waals surface area contributed by atoms with Crippen LogP contribution in [-0.4, -0.2) is 53.4 Å². The number of benzene rings is 2. The van der Waals surface area contributed by atoms with Crippen molar-refractivity contribution in [1.29, 1.82) is 0 Å². The minimum Gasteiger partial charge on any atom is -0.497 e. The number of piperidine rings is 1. The summed E-state index contributed by atoms with van der Waals surface area (Å²) in [6.07, 6.45) is 3.35. The Hall–Kier alpha value is -2.75. The molecule has 38 heavy (non-hydrogen) atoms. The molecular weight excluding hydrogens is 500 g/mol. The first-order valence-electron chi connectivity index (χ1n) is 13.0. The van der Waals surface area contributed by atoms with E-state index >= 15 is 4.39 Å². The number of nitrogens with zero attached hydrogens (tertiary/aromatic N) is 2. The van der Waals surface area contributed by atoms with E-state index < -0.39 is 29.0 Å². The first-order chi connectivity index (χ1) is 18.3. The van der Waals surface area contributed by atoms with Crippen LogP contribution < -0.4 is 4.74 Å². The summed E-state index contributed by atoms with van der Waals surface area (Å²) >= 11 is 0. The van der Waals surface area contributed by atoms with Gasteiger partial charge in [0.1, 0.15) is 11.9 Å². The van der Waals surface area contributed by atoms with Crippen LogP contribution in [0.4, 0.5) is 17.6 Å². The SMILES string of the molecule is COc1ccc2ncc(CO)c(C(F)CCC3(CO)CCN(CCCc4cc(F)c(F)c(F)c4)CC3)c2c1. The van der Waals surface area contributed by atoms with Gasteiger partial charge in [0.05, 0.1) is 19.2 Å². The summed E-state index contributed by atoms with van der Waals surface area (Å²) in [6.45, 7) is 1.78. The van der Waals surface area contributed by atoms with Gasteiger partial charge in [0.15, 0.2) is 17.5 Å². The van der Waals surface area contributed by atoms with Crippen LogP contribution in [0.2, 0.25) is 0 Å². The van der Waals surface area contributed by atoms with Gasteiger partial charge in [-0.25, -0.2) is 17.6 Å². The molecule has 1 unspecified atom stereocenters. The smallest absolute Gasteiger partial charge is 0.194 e. The van der Waals surface area contributed by atoms with E-state index in [1.165, 1.54) is 13.3 Å². The summed E-state index contributed by atoms with van der Waals surface area (Å²) in [5.74, 6) is -3.23. The molecule has 0 bridgehead atoms. The first-order valence-corrected chi connectivity index (χ1v) is 13.0. The Morgan fingerprint density at radius 2 is 1.79 bits per heavy atom. The molecule has 1 saturated heterocycles. The zero-order valence-electron chi connectivity index (χ0n) is 21.5. The highest BCUT2D eigenvalue weighted by molar-refractivity contribution is 5.85. The number of rotatable bonds is 11. The third-order valence-electron chi connectivity index (χ3n) is 7.85. The van der Waals surface area contributed by atoms with E-state index in [0.717, 1.165) is 25.2 Å². The Morgan fingerprint density at radius 3 is 2.42 bits per heavy atom. The summed E-state index contributed by atoms with van der Waals surface area (Å²) in [5, 5.41) is 20.7. The van der Waals surface area contributed by atoms with Gasteiger partial charge in [0, 0.05) is 29.3 Å². The van der Waals surface area contributed by atoms with Crippen molar-refractivity contribution in [2.45, 2.75) is 51.3 Å². The molecule has 0 aliphatic carbocycles. The van der Waals surface area contributed by atoms with Gasteiger partial charge in [-0.3, -0.25) is 4.98 Å². The Bertz CT molecular complexity index is 1220. The summed E-state index contributed by atoms with van der Waals surface area (Å²) in [7, 11) is 1.54. The number of halogens is 4. The maximum absolute atomic E-state index is 15.7. The highest BCUT2D eigenvalue weighted by Crippen LogP contribution is 2.41. The van der Waals surface area contributed by atoms with Gasteiger partial charge in [-0.05, 0) is 99.5 Å². The van der Waals surface area contributed by atoms with Crippen LogP contribution in [0.25, 0.3) is 10.9 Å². The molecule has 0 spiro atoms. The van der Waals surface area contributed by atoms with Gasteiger partial charge in [0.2, 0.25) is 0 Å². The van der Waals surface area contributed by atoms with Crippen molar-refractivity contribution < 1.29 is 32.5 Å². The number of ether oxygens (including phenoxy) is 1. The van der Waals surface area contributed by atoms with Crippen molar-refractivity contribution in [1.82, 2.24) is 9.88 Å². The molecule has 2 heterocycles. The second kappa shape index (κ2) is 12.4. The fourth-order valence-electron chi connectivity index (χ4n) is 5.43. The number of pyridine rings is 1. The first kappa shape index (κ1) is 28.3. The van der Waals surface area contributed by atoms with Crippen molar-refractivity contribution >= 4 is 10.9 Å². The molecule has 2 N–H and O–H groups in total. The quantitative estimate of drug-likeness (QED) is 0.246. The number of methoxy groups -OCH3 is 1. The standard InChI is InChI=1S/C29H34F4N2O3/c1-38-21-4-5-26-22(15-21)27(20(17-36)16-34-26)23(30)6-7-29(18-37)8-11-35(12-9-29)10-2-3-19-13-24(31)28(33)25(32)14-19/h4-5,13-16,23,36-37H,2-3,6-12,17-18H2,1H3. The lowest BCUT2D eigenvalue weighted by Crippen LogP contribution is -2.42. The second-order valence-corrected chi connectivity index (χ2v) is 10.2. The van der Waals surface area contributed by atoms with Gasteiger partial charge in [-0.2, -0.15) is 0 Å². The normalized spacial score (nSPS) is 16.6. The lowest BCUT2D eigenvalue weighted by Gasteiger charge is -2.41. The second-order valence-electron chi connectivity index (χ2n) is 10.2. The highest BCUT2D eigenvalue weighted by Gasteiger charge is 2.35. The largest absolute Gasteiger partial charge is 0.497 e. The van der Waals surface area contributed by atoms with E-state index in [2.05, 4.69) is 9.88 Å². The molecule has 0 saturated carbocycles. The minimum atomic E-state index is -1.45. The van der Waals surface area contributed by atoms with Crippen LogP contribution in [-0.2, 0) is 13.0 Å². The van der Waals surface area contributed by atoms with Crippen LogP contribution in [0, 0.1) is 22.9 Å². The van der Waals surface area contributed by atoms with Gasteiger partial charge in [-0.1, -0.05) is 0 Å². The molecule has 1 aliphatic heterocycles. The Morgan fingerprint density at radius 1 is 1.08 bits per heavy atom. The number of aromatic nitrogens is 1. The summed E-state index contributed by atoms with van der Waals surface area (Å²) < 4.78 is 61.1. The van der Waals surface area contributed by atoms with Crippen LogP contribution in [0.5, 0.6) is 5.75 Å². The average molecular weight is 535 g/mol. The molecule has 0 amide bonds. The number of hydrogen-bond acceptors (Lipinski definition) is 5. The fraction of sp³-hybridized carbons (Fsp3) is 0.483. The number of aliphatic hydroxyl groups excluding tert-OH is 2. The van der Waals surface area contributed by atoms with Gasteiger partial charge < -0.3 is 19.8 Å². The maximum atomic E-state index is 15.7. The molecule has 4 rings (SSSR count). The zero-order chi connectivity index (χ0) is 27.3. The van der Waals surface area contributed by atoms with E-state index in [9.17, 15) is 23.4 Å². The van der Waals surface area contributed by atoms with Crippen LogP contribution in [0.1, 0.15) is 55.0 Å². The van der Waals surface area contributed by atoms with Crippen LogP contribution in [0.15, 0.2) is 36.5 Å². The number of hydrogen-bond donors (Lipinski definition) is 2. The van der Waals surface area contributed by atoms with E-state index in [1.54, 1.807) is 18.2 Å². The number of likely N-dealkylation sites (tertiary alicyclic amines) is 1. The lowest BCUT2D eigenvalue weighted by molar-refractivity contribution is 0.0299. The van der Waals surface area contributed by atoms with Crippen LogP contribution in [0.3, 0.4) is 0 Å². The molecule has 206 valence electrons. The van der Waals surface area contributed by atoms with Gasteiger partial charge in [0.25, 0.3) is 0 Å². The van der Waals surface area contributed by atoms with E-state index in [1.807, 2.05) is 0 Å². The number of fused-ring (bicyclic) bond motifs is 1. The number of alkyl halides is 1. The average Bonchev–Trinajstić information content (AvgIpc) is 2.94. The van der Waals surface area contributed by atoms with Crippen molar-refractivity contribution in [3.05, 3.63) is 70.7 Å². The van der Waals surface area contributed by atoms with E-state index in [0.29, 0.717) is 72.0 Å². The molecule has 1 atom stereocenters. The van der Waals surface area contributed by atoms with E-state index in [-0.39, 0.29) is 19.6 Å². The molecule has 1 aliphatic rings. The molecular formula is C29H34F4N2O3. The maximum Gasteiger partial charge on any atom is 0.194 e. The fourth-order valence-corrected chi connectivity index (χ4v) is 5.43. The van der Waals surface area contributed by atoms with Crippen molar-refractivity contribution in [3.63, 3.8) is 0 Å². The van der Waals surface area contributed by atoms with Crippen LogP contribution >= 0.6 is 0 Å². The summed E-state index contributed by atoms with van der Waals surface area (Å²) in [6, 6.07) is 7.32. The number of aliphatic hydroxyl groups is 2. The highest BCUT2D eigenvalue weighted by atomic mass is 19.2. The van der Waals surface area contributed by atoms with Gasteiger partial charge in [-0.15, -0.1) is 0 Å². The minimum absolute atomic E-state index is 0.0422. The topological polar surface area (TPSA) is 65.8 Å². The van der Waals surface area contributed by atoms with Crippen molar-refractivity contribution in [3.8, 4) is 5.75 Å². The van der Waals surface area contributed by atoms with Crippen molar-refractivity contribution in [2.24, 2.45) is 5.41 Å². The third-order valence-corrected chi connectivity index (χ3v) is 7.85. The molecule has 1 aromatic heterocycles. The Labute approximate surface area is 220 Å². The predicted molar refractivity (Wildman–Crippen MR) is 137 cm³/mol. The predicted octanol–water partition coefficient (Wildman–Crippen LogP) is 5.65. The van der Waals surface area contributed by atoms with Gasteiger partial charge >= 0.3 is 0 Å². The summed E-state index contributed by atoms with van der Waals surface area (Å²) in [5.41, 5.74) is 1.49. The Balaban J connectivity index is 1.34. The molecule has 5 nitrogen and oxygen atoms in total. The summed E-state index contributed by atoms with van der Waals surface area (Å²) in [4.78, 5) is 6.56. The molecule has 9 heteroatoms. The molecule has 0 radical (unpaired) electrons. The lowest BCUT2D eigenvalue weighted by atomic mass is 9.74. The molecule has 1 fully saturated rings. The molecule has 2 aromatic carbocycles. The zero-order valence-corrected chi connectivity index (χ0v) is 21.5. The van der Waals surface area contributed by atoms with E-state index in [4.69, 9.17) is 4.74 Å². The third kappa shape index (κ3) is 6.27. The van der Waals surface area contributed by atoms with Crippen molar-refractivity contribution in [2.75, 3.05) is 33.4 Å². The molecule has 3 aromatic rings. The Kier molecular flexibility index (Phi) is 9.23. The monoisotopic (exact) mass is 534 g/mol.